The highest BCUT2D eigenvalue weighted by Gasteiger charge is 2.35. The van der Waals surface area contributed by atoms with Crippen molar-refractivity contribution in [1.29, 1.82) is 0 Å². The molecule has 0 aliphatic carbocycles. The third kappa shape index (κ3) is 2.77. The Balaban J connectivity index is 2.32. The number of rotatable bonds is 3. The maximum absolute atomic E-state index is 12.2. The van der Waals surface area contributed by atoms with Crippen molar-refractivity contribution >= 4 is 16.3 Å². The van der Waals surface area contributed by atoms with Gasteiger partial charge < -0.3 is 10.5 Å². The van der Waals surface area contributed by atoms with E-state index in [1.807, 2.05) is 29.0 Å². The van der Waals surface area contributed by atoms with E-state index in [0.29, 0.717) is 6.42 Å². The van der Waals surface area contributed by atoms with Gasteiger partial charge in [-0.3, -0.25) is 0 Å². The highest BCUT2D eigenvalue weighted by atomic mass is 32.2. The molecule has 1 atom stereocenters. The van der Waals surface area contributed by atoms with Crippen molar-refractivity contribution in [3.05, 3.63) is 35.4 Å². The summed E-state index contributed by atoms with van der Waals surface area (Å²) in [7, 11) is -2.86. The zero-order valence-electron chi connectivity index (χ0n) is 11.1. The lowest BCUT2D eigenvalue weighted by Crippen LogP contribution is -2.49. The second-order valence-corrected chi connectivity index (χ2v) is 6.03. The lowest BCUT2D eigenvalue weighted by Gasteiger charge is -2.35. The molecule has 0 saturated carbocycles. The quantitative estimate of drug-likeness (QED) is 0.827. The maximum atomic E-state index is 12.2. The Bertz CT molecular complexity index is 602. The molecule has 0 bridgehead atoms. The van der Waals surface area contributed by atoms with Gasteiger partial charge in [0.15, 0.2) is 0 Å². The standard InChI is InChI=1S/C12H17N3O4S/c1-19-12(16)14-20(17,18)15-7-6-9-4-2-3-5-10(9)11(15)8-13/h2-5,11H,6-8,13H2,1H3,(H,14,16). The van der Waals surface area contributed by atoms with E-state index in [9.17, 15) is 13.2 Å². The molecule has 7 nitrogen and oxygen atoms in total. The zero-order chi connectivity index (χ0) is 14.8. The molecule has 0 radical (unpaired) electrons. The van der Waals surface area contributed by atoms with Gasteiger partial charge in [0.1, 0.15) is 0 Å². The molecule has 1 aromatic carbocycles. The van der Waals surface area contributed by atoms with Crippen LogP contribution >= 0.6 is 0 Å². The van der Waals surface area contributed by atoms with Crippen molar-refractivity contribution in [3.8, 4) is 0 Å². The van der Waals surface area contributed by atoms with Gasteiger partial charge in [-0.05, 0) is 17.5 Å². The third-order valence-corrected chi connectivity index (χ3v) is 4.77. The Morgan fingerprint density at radius 2 is 2.20 bits per heavy atom. The Kier molecular flexibility index (Phi) is 4.26. The highest BCUT2D eigenvalue weighted by molar-refractivity contribution is 7.87. The van der Waals surface area contributed by atoms with Gasteiger partial charge in [-0.2, -0.15) is 12.7 Å². The molecule has 1 unspecified atom stereocenters. The van der Waals surface area contributed by atoms with Crippen LogP contribution < -0.4 is 10.5 Å². The first-order valence-corrected chi connectivity index (χ1v) is 7.59. The van der Waals surface area contributed by atoms with Gasteiger partial charge in [0.25, 0.3) is 0 Å². The first-order valence-electron chi connectivity index (χ1n) is 6.15. The van der Waals surface area contributed by atoms with E-state index >= 15 is 0 Å². The highest BCUT2D eigenvalue weighted by Crippen LogP contribution is 2.30. The first-order chi connectivity index (χ1) is 9.49. The third-order valence-electron chi connectivity index (χ3n) is 3.29. The minimum Gasteiger partial charge on any atom is -0.452 e. The molecular formula is C12H17N3O4S. The number of nitrogens with one attached hydrogen (secondary N) is 1. The molecule has 1 heterocycles. The van der Waals surface area contributed by atoms with Crippen LogP contribution in [-0.4, -0.2) is 39.0 Å². The van der Waals surface area contributed by atoms with Crippen LogP contribution in [0.5, 0.6) is 0 Å². The van der Waals surface area contributed by atoms with Gasteiger partial charge in [-0.1, -0.05) is 24.3 Å². The first kappa shape index (κ1) is 14.8. The van der Waals surface area contributed by atoms with Gasteiger partial charge in [0, 0.05) is 13.1 Å². The van der Waals surface area contributed by atoms with Crippen molar-refractivity contribution in [2.45, 2.75) is 12.5 Å². The number of benzene rings is 1. The van der Waals surface area contributed by atoms with Crippen LogP contribution in [0, 0.1) is 0 Å². The second-order valence-electron chi connectivity index (χ2n) is 4.41. The van der Waals surface area contributed by atoms with Crippen LogP contribution in [0.1, 0.15) is 17.2 Å². The number of nitrogens with two attached hydrogens (primary N) is 1. The minimum absolute atomic E-state index is 0.138. The van der Waals surface area contributed by atoms with E-state index in [4.69, 9.17) is 5.73 Å². The van der Waals surface area contributed by atoms with Gasteiger partial charge in [-0.15, -0.1) is 0 Å². The summed E-state index contributed by atoms with van der Waals surface area (Å²) in [5.41, 5.74) is 7.67. The van der Waals surface area contributed by atoms with Gasteiger partial charge in [0.2, 0.25) is 0 Å². The average Bonchev–Trinajstić information content (AvgIpc) is 2.45. The number of hydrogen-bond donors (Lipinski definition) is 2. The normalized spacial score (nSPS) is 19.2. The Labute approximate surface area is 117 Å². The molecule has 0 spiro atoms. The minimum atomic E-state index is -3.97. The monoisotopic (exact) mass is 299 g/mol. The summed E-state index contributed by atoms with van der Waals surface area (Å²) in [5.74, 6) is 0. The molecule has 8 heteroatoms. The predicted molar refractivity (Wildman–Crippen MR) is 73.1 cm³/mol. The average molecular weight is 299 g/mol. The smallest absolute Gasteiger partial charge is 0.421 e. The lowest BCUT2D eigenvalue weighted by molar-refractivity contribution is 0.176. The number of amides is 1. The molecule has 0 fully saturated rings. The molecule has 20 heavy (non-hydrogen) atoms. The molecule has 0 aromatic heterocycles. The topological polar surface area (TPSA) is 102 Å². The van der Waals surface area contributed by atoms with Gasteiger partial charge >= 0.3 is 16.3 Å². The Morgan fingerprint density at radius 3 is 2.85 bits per heavy atom. The Hall–Kier alpha value is -1.64. The van der Waals surface area contributed by atoms with Gasteiger partial charge in [0.05, 0.1) is 13.2 Å². The molecule has 0 saturated heterocycles. The van der Waals surface area contributed by atoms with Crippen LogP contribution in [0.15, 0.2) is 24.3 Å². The molecule has 1 aliphatic rings. The molecule has 110 valence electrons. The van der Waals surface area contributed by atoms with Crippen molar-refractivity contribution in [3.63, 3.8) is 0 Å². The van der Waals surface area contributed by atoms with E-state index in [2.05, 4.69) is 4.74 Å². The lowest BCUT2D eigenvalue weighted by atomic mass is 9.94. The summed E-state index contributed by atoms with van der Waals surface area (Å²) in [5, 5.41) is 0. The van der Waals surface area contributed by atoms with Crippen molar-refractivity contribution in [2.75, 3.05) is 20.2 Å². The van der Waals surface area contributed by atoms with Crippen molar-refractivity contribution in [1.82, 2.24) is 9.03 Å². The zero-order valence-corrected chi connectivity index (χ0v) is 11.9. The van der Waals surface area contributed by atoms with E-state index < -0.39 is 22.3 Å². The van der Waals surface area contributed by atoms with E-state index in [-0.39, 0.29) is 13.1 Å². The fraction of sp³-hybridized carbons (Fsp3) is 0.417. The number of methoxy groups -OCH3 is 1. The van der Waals surface area contributed by atoms with Crippen molar-refractivity contribution in [2.24, 2.45) is 5.73 Å². The summed E-state index contributed by atoms with van der Waals surface area (Å²) in [6.45, 7) is 0.407. The largest absolute Gasteiger partial charge is 0.452 e. The molecule has 1 aromatic rings. The molecule has 1 aliphatic heterocycles. The van der Waals surface area contributed by atoms with Crippen LogP contribution in [0.25, 0.3) is 0 Å². The number of ether oxygens (including phenoxy) is 1. The molecule has 1 amide bonds. The number of nitrogens with zero attached hydrogens (tertiary/aromatic N) is 1. The Morgan fingerprint density at radius 1 is 1.50 bits per heavy atom. The summed E-state index contributed by atoms with van der Waals surface area (Å²) in [4.78, 5) is 11.1. The van der Waals surface area contributed by atoms with Crippen LogP contribution in [0.4, 0.5) is 4.79 Å². The number of fused-ring (bicyclic) bond motifs is 1. The van der Waals surface area contributed by atoms with Crippen LogP contribution in [-0.2, 0) is 21.4 Å². The predicted octanol–water partition coefficient (Wildman–Crippen LogP) is 0.145. The van der Waals surface area contributed by atoms with E-state index in [0.717, 1.165) is 18.2 Å². The fourth-order valence-corrected chi connectivity index (χ4v) is 3.64. The number of hydrogen-bond acceptors (Lipinski definition) is 5. The fourth-order valence-electron chi connectivity index (χ4n) is 2.37. The van der Waals surface area contributed by atoms with Crippen LogP contribution in [0.2, 0.25) is 0 Å². The maximum Gasteiger partial charge on any atom is 0.421 e. The van der Waals surface area contributed by atoms with Gasteiger partial charge in [-0.25, -0.2) is 9.52 Å². The SMILES string of the molecule is COC(=O)NS(=O)(=O)N1CCc2ccccc2C1CN. The second kappa shape index (κ2) is 5.78. The summed E-state index contributed by atoms with van der Waals surface area (Å²) >= 11 is 0. The summed E-state index contributed by atoms with van der Waals surface area (Å²) in [6.07, 6.45) is -0.436. The summed E-state index contributed by atoms with van der Waals surface area (Å²) in [6, 6.07) is 7.07. The summed E-state index contributed by atoms with van der Waals surface area (Å²) < 4.78 is 31.8. The van der Waals surface area contributed by atoms with E-state index in [1.165, 1.54) is 4.31 Å². The molecule has 3 N–H and O–H groups in total. The number of carbonyl (C=O) groups excluding carboxylic acids is 1. The van der Waals surface area contributed by atoms with Crippen LogP contribution in [0.3, 0.4) is 0 Å². The molecule has 2 rings (SSSR count). The van der Waals surface area contributed by atoms with E-state index in [1.54, 1.807) is 0 Å². The van der Waals surface area contributed by atoms with Crippen molar-refractivity contribution < 1.29 is 17.9 Å². The number of carbonyl (C=O) groups is 1. The molecular weight excluding hydrogens is 282 g/mol.